The van der Waals surface area contributed by atoms with Gasteiger partial charge in [0.05, 0.1) is 6.10 Å². The van der Waals surface area contributed by atoms with Crippen molar-refractivity contribution in [3.05, 3.63) is 18.2 Å². The van der Waals surface area contributed by atoms with E-state index in [0.29, 0.717) is 12.0 Å². The van der Waals surface area contributed by atoms with Crippen LogP contribution >= 0.6 is 0 Å². The second-order valence-corrected chi connectivity index (χ2v) is 6.08. The van der Waals surface area contributed by atoms with Gasteiger partial charge in [-0.2, -0.15) is 0 Å². The Labute approximate surface area is 115 Å². The van der Waals surface area contributed by atoms with Crippen molar-refractivity contribution in [3.8, 4) is 0 Å². The van der Waals surface area contributed by atoms with Gasteiger partial charge < -0.3 is 9.67 Å². The fourth-order valence-electron chi connectivity index (χ4n) is 3.91. The molecular weight excluding hydrogens is 238 g/mol. The van der Waals surface area contributed by atoms with Crippen molar-refractivity contribution in [2.24, 2.45) is 5.92 Å². The summed E-state index contributed by atoms with van der Waals surface area (Å²) in [4.78, 5) is 6.87. The van der Waals surface area contributed by atoms with E-state index in [2.05, 4.69) is 27.6 Å². The number of hydrogen-bond donors (Lipinski definition) is 1. The van der Waals surface area contributed by atoms with Crippen LogP contribution in [0.25, 0.3) is 0 Å². The smallest absolute Gasteiger partial charge is 0.105 e. The zero-order valence-electron chi connectivity index (χ0n) is 11.8. The fraction of sp³-hybridized carbons (Fsp3) is 0.800. The molecule has 1 aliphatic carbocycles. The monoisotopic (exact) mass is 263 g/mol. The van der Waals surface area contributed by atoms with Gasteiger partial charge >= 0.3 is 0 Å². The van der Waals surface area contributed by atoms with E-state index in [1.165, 1.54) is 32.2 Å². The summed E-state index contributed by atoms with van der Waals surface area (Å²) in [6, 6.07) is 0.612. The molecule has 19 heavy (non-hydrogen) atoms. The molecule has 4 heteroatoms. The molecule has 3 unspecified atom stereocenters. The van der Waals surface area contributed by atoms with Crippen LogP contribution in [0.5, 0.6) is 0 Å². The largest absolute Gasteiger partial charge is 0.393 e. The summed E-state index contributed by atoms with van der Waals surface area (Å²) in [5, 5.41) is 10.1. The van der Waals surface area contributed by atoms with E-state index in [9.17, 15) is 5.11 Å². The Morgan fingerprint density at radius 2 is 2.16 bits per heavy atom. The minimum absolute atomic E-state index is 0.0550. The molecule has 1 saturated heterocycles. The number of aliphatic hydroxyl groups is 1. The Hall–Kier alpha value is -0.870. The summed E-state index contributed by atoms with van der Waals surface area (Å²) in [5.41, 5.74) is 0. The van der Waals surface area contributed by atoms with Gasteiger partial charge in [0.15, 0.2) is 0 Å². The molecule has 1 N–H and O–H groups in total. The highest BCUT2D eigenvalue weighted by Crippen LogP contribution is 2.35. The molecule has 1 aromatic rings. The van der Waals surface area contributed by atoms with E-state index in [-0.39, 0.29) is 6.10 Å². The Bertz CT molecular complexity index is 417. The maximum atomic E-state index is 10.1. The number of rotatable bonds is 4. The number of aromatic nitrogens is 2. The summed E-state index contributed by atoms with van der Waals surface area (Å²) in [5.74, 6) is 1.61. The summed E-state index contributed by atoms with van der Waals surface area (Å²) in [7, 11) is 0. The molecule has 2 fully saturated rings. The minimum atomic E-state index is -0.0550. The number of hydrogen-bond acceptors (Lipinski definition) is 3. The van der Waals surface area contributed by atoms with Gasteiger partial charge in [-0.15, -0.1) is 0 Å². The third-order valence-corrected chi connectivity index (χ3v) is 4.99. The van der Waals surface area contributed by atoms with Crippen LogP contribution in [0, 0.1) is 12.8 Å². The third-order valence-electron chi connectivity index (χ3n) is 4.99. The molecule has 0 radical (unpaired) electrons. The van der Waals surface area contributed by atoms with E-state index in [1.807, 2.05) is 6.20 Å². The molecule has 2 aliphatic rings. The topological polar surface area (TPSA) is 41.3 Å². The number of imidazole rings is 1. The van der Waals surface area contributed by atoms with Gasteiger partial charge in [-0.3, -0.25) is 4.90 Å². The average Bonchev–Trinajstić information content (AvgIpc) is 3.08. The first-order valence-electron chi connectivity index (χ1n) is 7.65. The molecule has 3 atom stereocenters. The molecule has 0 amide bonds. The van der Waals surface area contributed by atoms with Crippen molar-refractivity contribution < 1.29 is 5.11 Å². The number of aliphatic hydroxyl groups excluding tert-OH is 1. The number of aryl methyl sites for hydroxylation is 1. The van der Waals surface area contributed by atoms with E-state index in [0.717, 1.165) is 25.3 Å². The van der Waals surface area contributed by atoms with Crippen LogP contribution in [-0.2, 0) is 6.54 Å². The zero-order chi connectivity index (χ0) is 13.2. The predicted molar refractivity (Wildman–Crippen MR) is 74.9 cm³/mol. The lowest BCUT2D eigenvalue weighted by atomic mass is 9.94. The average molecular weight is 263 g/mol. The zero-order valence-corrected chi connectivity index (χ0v) is 11.8. The lowest BCUT2D eigenvalue weighted by molar-refractivity contribution is 0.0733. The first-order valence-corrected chi connectivity index (χ1v) is 7.65. The molecule has 4 nitrogen and oxygen atoms in total. The highest BCUT2D eigenvalue weighted by atomic mass is 16.3. The molecule has 0 bridgehead atoms. The number of likely N-dealkylation sites (tertiary alicyclic amines) is 1. The van der Waals surface area contributed by atoms with Gasteiger partial charge in [0, 0.05) is 37.4 Å². The third kappa shape index (κ3) is 2.70. The molecule has 0 aromatic carbocycles. The highest BCUT2D eigenvalue weighted by Gasteiger charge is 2.37. The van der Waals surface area contributed by atoms with Gasteiger partial charge in [0.1, 0.15) is 5.82 Å². The molecule has 1 aromatic heterocycles. The SMILES string of the molecule is Cc1nccn1CCN1CCCC1C1CCCC1O. The molecule has 1 saturated carbocycles. The van der Waals surface area contributed by atoms with Gasteiger partial charge in [-0.1, -0.05) is 6.42 Å². The van der Waals surface area contributed by atoms with E-state index in [1.54, 1.807) is 0 Å². The Morgan fingerprint density at radius 3 is 2.84 bits per heavy atom. The first-order chi connectivity index (χ1) is 9.25. The Balaban J connectivity index is 1.59. The van der Waals surface area contributed by atoms with E-state index < -0.39 is 0 Å². The van der Waals surface area contributed by atoms with Gasteiger partial charge in [-0.25, -0.2) is 4.98 Å². The molecule has 106 valence electrons. The molecule has 2 heterocycles. The highest BCUT2D eigenvalue weighted by molar-refractivity contribution is 4.93. The normalized spacial score (nSPS) is 32.2. The van der Waals surface area contributed by atoms with Gasteiger partial charge in [-0.05, 0) is 39.2 Å². The van der Waals surface area contributed by atoms with Gasteiger partial charge in [0.25, 0.3) is 0 Å². The quantitative estimate of drug-likeness (QED) is 0.901. The summed E-state index contributed by atoms with van der Waals surface area (Å²) in [6.45, 7) is 5.36. The van der Waals surface area contributed by atoms with Crippen LogP contribution in [0.2, 0.25) is 0 Å². The van der Waals surface area contributed by atoms with Crippen LogP contribution in [0.3, 0.4) is 0 Å². The summed E-state index contributed by atoms with van der Waals surface area (Å²) in [6.07, 6.45) is 9.86. The maximum absolute atomic E-state index is 10.1. The Morgan fingerprint density at radius 1 is 1.26 bits per heavy atom. The Kier molecular flexibility index (Phi) is 3.89. The van der Waals surface area contributed by atoms with Crippen molar-refractivity contribution in [1.82, 2.24) is 14.5 Å². The fourth-order valence-corrected chi connectivity index (χ4v) is 3.91. The second-order valence-electron chi connectivity index (χ2n) is 6.08. The maximum Gasteiger partial charge on any atom is 0.105 e. The molecule has 0 spiro atoms. The van der Waals surface area contributed by atoms with Crippen molar-refractivity contribution in [3.63, 3.8) is 0 Å². The lowest BCUT2D eigenvalue weighted by Gasteiger charge is -2.31. The molecular formula is C15H25N3O. The van der Waals surface area contributed by atoms with Crippen molar-refractivity contribution in [2.45, 2.75) is 57.7 Å². The van der Waals surface area contributed by atoms with Crippen LogP contribution in [0.1, 0.15) is 37.9 Å². The first kappa shape index (κ1) is 13.1. The van der Waals surface area contributed by atoms with Crippen LogP contribution in [0.15, 0.2) is 12.4 Å². The van der Waals surface area contributed by atoms with Crippen LogP contribution in [0.4, 0.5) is 0 Å². The standard InChI is InChI=1S/C15H25N3O/c1-12-16-7-9-17(12)10-11-18-8-3-5-14(18)13-4-2-6-15(13)19/h7,9,13-15,19H,2-6,8,10-11H2,1H3. The van der Waals surface area contributed by atoms with Crippen molar-refractivity contribution in [2.75, 3.05) is 13.1 Å². The van der Waals surface area contributed by atoms with E-state index in [4.69, 9.17) is 0 Å². The summed E-state index contributed by atoms with van der Waals surface area (Å²) < 4.78 is 2.22. The number of nitrogens with zero attached hydrogens (tertiary/aromatic N) is 3. The van der Waals surface area contributed by atoms with Crippen molar-refractivity contribution >= 4 is 0 Å². The van der Waals surface area contributed by atoms with Crippen LogP contribution < -0.4 is 0 Å². The second kappa shape index (κ2) is 5.63. The predicted octanol–water partition coefficient (Wildman–Crippen LogP) is 1.82. The lowest BCUT2D eigenvalue weighted by Crippen LogP contribution is -2.40. The van der Waals surface area contributed by atoms with Crippen LogP contribution in [-0.4, -0.2) is 44.8 Å². The summed E-state index contributed by atoms with van der Waals surface area (Å²) >= 11 is 0. The minimum Gasteiger partial charge on any atom is -0.393 e. The van der Waals surface area contributed by atoms with Gasteiger partial charge in [0.2, 0.25) is 0 Å². The molecule has 1 aliphatic heterocycles. The van der Waals surface area contributed by atoms with Crippen molar-refractivity contribution in [1.29, 1.82) is 0 Å². The molecule has 3 rings (SSSR count). The van der Waals surface area contributed by atoms with E-state index >= 15 is 0 Å².